The van der Waals surface area contributed by atoms with Gasteiger partial charge in [0, 0.05) is 36.3 Å². The molecule has 9 heteroatoms. The number of piperidine rings is 1. The number of ether oxygens (including phenoxy) is 2. The summed E-state index contributed by atoms with van der Waals surface area (Å²) in [6.07, 6.45) is -3.52. The van der Waals surface area contributed by atoms with Gasteiger partial charge in [0.1, 0.15) is 0 Å². The van der Waals surface area contributed by atoms with Gasteiger partial charge in [0.25, 0.3) is 5.91 Å². The van der Waals surface area contributed by atoms with Crippen molar-refractivity contribution in [2.75, 3.05) is 32.6 Å². The minimum absolute atomic E-state index is 0.151. The lowest BCUT2D eigenvalue weighted by molar-refractivity contribution is -0.137. The van der Waals surface area contributed by atoms with Crippen LogP contribution in [0.5, 0.6) is 11.5 Å². The van der Waals surface area contributed by atoms with Gasteiger partial charge in [-0.3, -0.25) is 9.59 Å². The van der Waals surface area contributed by atoms with E-state index >= 15 is 0 Å². The van der Waals surface area contributed by atoms with E-state index in [9.17, 15) is 22.8 Å². The maximum absolute atomic E-state index is 12.8. The lowest BCUT2D eigenvalue weighted by Gasteiger charge is -2.31. The third-order valence-electron chi connectivity index (χ3n) is 5.60. The maximum atomic E-state index is 12.8. The van der Waals surface area contributed by atoms with Crippen LogP contribution in [-0.2, 0) is 11.0 Å². The first kappa shape index (κ1) is 23.4. The van der Waals surface area contributed by atoms with Crippen LogP contribution in [-0.4, -0.2) is 44.0 Å². The molecule has 2 aromatic rings. The number of rotatable bonds is 5. The van der Waals surface area contributed by atoms with Gasteiger partial charge in [-0.2, -0.15) is 13.2 Å². The van der Waals surface area contributed by atoms with E-state index in [2.05, 4.69) is 5.32 Å². The Hall–Kier alpha value is -3.23. The fraction of sp³-hybridized carbons (Fsp3) is 0.391. The van der Waals surface area contributed by atoms with E-state index in [4.69, 9.17) is 9.47 Å². The third kappa shape index (κ3) is 5.15. The highest BCUT2D eigenvalue weighted by Gasteiger charge is 2.31. The van der Waals surface area contributed by atoms with E-state index < -0.39 is 11.7 Å². The van der Waals surface area contributed by atoms with Crippen LogP contribution in [0.4, 0.5) is 18.9 Å². The molecule has 2 amide bonds. The number of methoxy groups -OCH3 is 2. The number of carbonyl (C=O) groups is 2. The molecule has 32 heavy (non-hydrogen) atoms. The van der Waals surface area contributed by atoms with Crippen LogP contribution < -0.4 is 14.8 Å². The van der Waals surface area contributed by atoms with Gasteiger partial charge in [-0.05, 0) is 55.7 Å². The molecule has 0 aliphatic carbocycles. The number of nitrogens with one attached hydrogen (secondary N) is 1. The molecular weight excluding hydrogens is 425 g/mol. The molecule has 0 spiro atoms. The Balaban J connectivity index is 1.59. The predicted octanol–water partition coefficient (Wildman–Crippen LogP) is 4.52. The maximum Gasteiger partial charge on any atom is 0.416 e. The fourth-order valence-corrected chi connectivity index (χ4v) is 3.68. The van der Waals surface area contributed by atoms with Gasteiger partial charge in [-0.25, -0.2) is 0 Å². The van der Waals surface area contributed by atoms with Crippen LogP contribution in [0.15, 0.2) is 36.4 Å². The van der Waals surface area contributed by atoms with Gasteiger partial charge in [0.05, 0.1) is 19.8 Å². The van der Waals surface area contributed by atoms with Crippen molar-refractivity contribution in [1.29, 1.82) is 0 Å². The standard InChI is InChI=1S/C23H25F3N2O4/c1-14-12-19(31-2)20(32-3)13-18(14)27-21(29)15-8-10-28(11-9-15)22(30)16-4-6-17(7-5-16)23(24,25)26/h4-7,12-13,15H,8-11H2,1-3H3,(H,27,29). The van der Waals surface area contributed by atoms with Gasteiger partial charge in [0.2, 0.25) is 5.91 Å². The smallest absolute Gasteiger partial charge is 0.416 e. The van der Waals surface area contributed by atoms with Crippen molar-refractivity contribution in [3.63, 3.8) is 0 Å². The van der Waals surface area contributed by atoms with Crippen molar-refractivity contribution < 1.29 is 32.2 Å². The first-order valence-electron chi connectivity index (χ1n) is 10.1. The highest BCUT2D eigenvalue weighted by molar-refractivity contribution is 5.95. The summed E-state index contributed by atoms with van der Waals surface area (Å²) >= 11 is 0. The summed E-state index contributed by atoms with van der Waals surface area (Å²) in [6, 6.07) is 7.65. The van der Waals surface area contributed by atoms with Crippen molar-refractivity contribution in [3.05, 3.63) is 53.1 Å². The molecule has 1 heterocycles. The zero-order valence-corrected chi connectivity index (χ0v) is 18.1. The molecule has 0 unspecified atom stereocenters. The molecule has 0 saturated carbocycles. The van der Waals surface area contributed by atoms with Crippen molar-refractivity contribution >= 4 is 17.5 Å². The molecule has 0 atom stereocenters. The Morgan fingerprint density at radius 1 is 1.00 bits per heavy atom. The molecular formula is C23H25F3N2O4. The highest BCUT2D eigenvalue weighted by Crippen LogP contribution is 2.34. The van der Waals surface area contributed by atoms with Gasteiger partial charge in [-0.1, -0.05) is 0 Å². The summed E-state index contributed by atoms with van der Waals surface area (Å²) < 4.78 is 48.7. The number of halogens is 3. The molecule has 172 valence electrons. The Morgan fingerprint density at radius 2 is 1.56 bits per heavy atom. The van der Waals surface area contributed by atoms with Crippen LogP contribution >= 0.6 is 0 Å². The minimum Gasteiger partial charge on any atom is -0.493 e. The number of alkyl halides is 3. The predicted molar refractivity (Wildman–Crippen MR) is 113 cm³/mol. The average Bonchev–Trinajstić information content (AvgIpc) is 2.79. The zero-order valence-electron chi connectivity index (χ0n) is 18.1. The van der Waals surface area contributed by atoms with Crippen molar-refractivity contribution in [1.82, 2.24) is 4.90 Å². The monoisotopic (exact) mass is 450 g/mol. The number of nitrogens with zero attached hydrogens (tertiary/aromatic N) is 1. The molecule has 6 nitrogen and oxygen atoms in total. The largest absolute Gasteiger partial charge is 0.493 e. The Bertz CT molecular complexity index is 982. The van der Waals surface area contributed by atoms with Gasteiger partial charge in [-0.15, -0.1) is 0 Å². The van der Waals surface area contributed by atoms with E-state index in [1.807, 2.05) is 6.92 Å². The van der Waals surface area contributed by atoms with E-state index in [0.29, 0.717) is 43.1 Å². The molecule has 1 saturated heterocycles. The molecule has 3 rings (SSSR count). The molecule has 1 aliphatic rings. The Labute approximate surface area is 184 Å². The van der Waals surface area contributed by atoms with Crippen LogP contribution in [0.25, 0.3) is 0 Å². The lowest BCUT2D eigenvalue weighted by Crippen LogP contribution is -2.41. The normalized spacial score (nSPS) is 14.8. The fourth-order valence-electron chi connectivity index (χ4n) is 3.68. The SMILES string of the molecule is COc1cc(C)c(NC(=O)C2CCN(C(=O)c3ccc(C(F)(F)F)cc3)CC2)cc1OC. The topological polar surface area (TPSA) is 67.9 Å². The molecule has 0 aromatic heterocycles. The second-order valence-electron chi connectivity index (χ2n) is 7.65. The molecule has 0 bridgehead atoms. The Morgan fingerprint density at radius 3 is 2.09 bits per heavy atom. The number of hydrogen-bond donors (Lipinski definition) is 1. The number of amides is 2. The lowest BCUT2D eigenvalue weighted by atomic mass is 9.95. The van der Waals surface area contributed by atoms with Gasteiger partial charge >= 0.3 is 6.18 Å². The number of aryl methyl sites for hydroxylation is 1. The molecule has 2 aromatic carbocycles. The number of carbonyl (C=O) groups excluding carboxylic acids is 2. The summed E-state index contributed by atoms with van der Waals surface area (Å²) in [4.78, 5) is 26.9. The average molecular weight is 450 g/mol. The number of benzene rings is 2. The highest BCUT2D eigenvalue weighted by atomic mass is 19.4. The summed E-state index contributed by atoms with van der Waals surface area (Å²) in [6.45, 7) is 2.55. The summed E-state index contributed by atoms with van der Waals surface area (Å²) in [7, 11) is 3.05. The van der Waals surface area contributed by atoms with Gasteiger partial charge < -0.3 is 19.7 Å². The number of hydrogen-bond acceptors (Lipinski definition) is 4. The zero-order chi connectivity index (χ0) is 23.5. The molecule has 1 N–H and O–H groups in total. The van der Waals surface area contributed by atoms with Crippen LogP contribution in [0.3, 0.4) is 0 Å². The van der Waals surface area contributed by atoms with Crippen molar-refractivity contribution in [2.45, 2.75) is 25.9 Å². The first-order valence-corrected chi connectivity index (χ1v) is 10.1. The number of anilines is 1. The van der Waals surface area contributed by atoms with Crippen LogP contribution in [0, 0.1) is 12.8 Å². The summed E-state index contributed by atoms with van der Waals surface area (Å²) in [5.41, 5.74) is 0.846. The summed E-state index contributed by atoms with van der Waals surface area (Å²) in [5.74, 6) is 0.304. The number of likely N-dealkylation sites (tertiary alicyclic amines) is 1. The van der Waals surface area contributed by atoms with E-state index in [1.165, 1.54) is 26.4 Å². The van der Waals surface area contributed by atoms with Crippen molar-refractivity contribution in [2.24, 2.45) is 5.92 Å². The minimum atomic E-state index is -4.44. The van der Waals surface area contributed by atoms with E-state index in [1.54, 1.807) is 17.0 Å². The van der Waals surface area contributed by atoms with Crippen LogP contribution in [0.2, 0.25) is 0 Å². The summed E-state index contributed by atoms with van der Waals surface area (Å²) in [5, 5.41) is 2.92. The van der Waals surface area contributed by atoms with E-state index in [0.717, 1.165) is 17.7 Å². The molecule has 1 fully saturated rings. The first-order chi connectivity index (χ1) is 15.1. The third-order valence-corrected chi connectivity index (χ3v) is 5.60. The quantitative estimate of drug-likeness (QED) is 0.727. The Kier molecular flexibility index (Phi) is 6.96. The second-order valence-corrected chi connectivity index (χ2v) is 7.65. The molecule has 1 aliphatic heterocycles. The van der Waals surface area contributed by atoms with Gasteiger partial charge in [0.15, 0.2) is 11.5 Å². The second kappa shape index (κ2) is 9.50. The molecule has 0 radical (unpaired) electrons. The van der Waals surface area contributed by atoms with Crippen LogP contribution in [0.1, 0.15) is 34.3 Å². The van der Waals surface area contributed by atoms with E-state index in [-0.39, 0.29) is 23.3 Å². The van der Waals surface area contributed by atoms with Crippen molar-refractivity contribution in [3.8, 4) is 11.5 Å².